The van der Waals surface area contributed by atoms with E-state index in [-0.39, 0.29) is 30.3 Å². The van der Waals surface area contributed by atoms with Crippen LogP contribution in [0.1, 0.15) is 50.9 Å². The number of ether oxygens (including phenoxy) is 2. The van der Waals surface area contributed by atoms with Crippen molar-refractivity contribution in [3.8, 4) is 23.1 Å². The lowest BCUT2D eigenvalue weighted by Gasteiger charge is -2.31. The topological polar surface area (TPSA) is 192 Å². The minimum Gasteiger partial charge on any atom is -0.453 e. The Labute approximate surface area is 303 Å². The van der Waals surface area contributed by atoms with Crippen molar-refractivity contribution in [1.82, 2.24) is 41.1 Å². The molecule has 2 aromatic heterocycles. The number of alkyl carbamates (subject to hydrolysis) is 2. The largest absolute Gasteiger partial charge is 0.453 e. The number of aryl methyl sites for hydroxylation is 1. The van der Waals surface area contributed by atoms with Crippen LogP contribution in [0.25, 0.3) is 22.3 Å². The smallest absolute Gasteiger partial charge is 0.407 e. The quantitative estimate of drug-likeness (QED) is 0.0894. The molecule has 1 saturated heterocycles. The normalized spacial score (nSPS) is 14.6. The van der Waals surface area contributed by atoms with Gasteiger partial charge in [-0.25, -0.2) is 14.6 Å². The molecule has 4 rings (SSSR count). The first-order valence-electron chi connectivity index (χ1n) is 17.2. The maximum Gasteiger partial charge on any atom is 0.407 e. The highest BCUT2D eigenvalue weighted by Crippen LogP contribution is 2.23. The lowest BCUT2D eigenvalue weighted by molar-refractivity contribution is -0.135. The molecule has 3 aromatic rings. The van der Waals surface area contributed by atoms with Gasteiger partial charge in [0.1, 0.15) is 17.6 Å². The summed E-state index contributed by atoms with van der Waals surface area (Å²) in [5.41, 5.74) is 4.75. The molecule has 15 nitrogen and oxygen atoms in total. The van der Waals surface area contributed by atoms with Gasteiger partial charge in [0.15, 0.2) is 0 Å². The third kappa shape index (κ3) is 11.3. The van der Waals surface area contributed by atoms with Crippen molar-refractivity contribution in [2.45, 2.75) is 58.0 Å². The molecule has 52 heavy (non-hydrogen) atoms. The number of allylic oxidation sites excluding steroid dienone is 1. The van der Waals surface area contributed by atoms with Gasteiger partial charge >= 0.3 is 12.2 Å². The third-order valence-corrected chi connectivity index (χ3v) is 8.47. The maximum absolute atomic E-state index is 13.4. The number of carbonyl (C=O) groups is 4. The van der Waals surface area contributed by atoms with Crippen molar-refractivity contribution >= 4 is 41.8 Å². The van der Waals surface area contributed by atoms with Gasteiger partial charge in [-0.15, -0.1) is 0 Å². The van der Waals surface area contributed by atoms with Crippen molar-refractivity contribution in [1.29, 1.82) is 0 Å². The molecule has 1 fully saturated rings. The number of hydrogen-bond donors (Lipinski definition) is 5. The van der Waals surface area contributed by atoms with Crippen LogP contribution in [0.4, 0.5) is 9.59 Å². The van der Waals surface area contributed by atoms with Crippen LogP contribution in [0.2, 0.25) is 0 Å². The first-order valence-corrected chi connectivity index (χ1v) is 17.2. The number of aromatic amines is 1. The Bertz CT molecular complexity index is 1810. The van der Waals surface area contributed by atoms with E-state index >= 15 is 0 Å². The highest BCUT2D eigenvalue weighted by atomic mass is 16.5. The number of methoxy groups -OCH3 is 2. The second-order valence-corrected chi connectivity index (χ2v) is 12.5. The number of nitrogens with one attached hydrogen (secondary N) is 5. The molecule has 2 unspecified atom stereocenters. The Morgan fingerprint density at radius 2 is 1.90 bits per heavy atom. The van der Waals surface area contributed by atoms with E-state index in [1.807, 2.05) is 49.1 Å². The number of benzene rings is 1. The molecular weight excluding hydrogens is 666 g/mol. The number of H-pyrrole nitrogens is 1. The van der Waals surface area contributed by atoms with Gasteiger partial charge in [0.05, 0.1) is 43.7 Å². The van der Waals surface area contributed by atoms with Crippen LogP contribution < -0.4 is 21.3 Å². The first-order chi connectivity index (χ1) is 25.1. The summed E-state index contributed by atoms with van der Waals surface area (Å²) in [6.45, 7) is 8.79. The van der Waals surface area contributed by atoms with Gasteiger partial charge in [-0.1, -0.05) is 25.8 Å². The molecule has 276 valence electrons. The fourth-order valence-electron chi connectivity index (χ4n) is 5.71. The molecule has 1 aliphatic rings. The monoisotopic (exact) mass is 713 g/mol. The minimum atomic E-state index is -0.679. The SMILES string of the molecule is C=N/C=C(/C#Cc1ccc(-c2ccc3nc(CCCCNC(=O)CNC(=O)OC)[nH]c3c2)nc1)NCC1CCCN1C(=O)C(NC(=O)OC)C(C)C. The summed E-state index contributed by atoms with van der Waals surface area (Å²) in [4.78, 5) is 66.4. The van der Waals surface area contributed by atoms with E-state index in [0.29, 0.717) is 30.9 Å². The molecular formula is C37H47N9O6. The summed E-state index contributed by atoms with van der Waals surface area (Å²) in [6.07, 6.45) is 5.98. The van der Waals surface area contributed by atoms with Crippen LogP contribution in [0.5, 0.6) is 0 Å². The van der Waals surface area contributed by atoms with Crippen molar-refractivity contribution in [3.63, 3.8) is 0 Å². The predicted molar refractivity (Wildman–Crippen MR) is 197 cm³/mol. The number of fused-ring (bicyclic) bond motifs is 1. The Balaban J connectivity index is 1.30. The summed E-state index contributed by atoms with van der Waals surface area (Å²) < 4.78 is 9.17. The lowest BCUT2D eigenvalue weighted by atomic mass is 10.0. The molecule has 5 N–H and O–H groups in total. The summed E-state index contributed by atoms with van der Waals surface area (Å²) in [5.74, 6) is 6.58. The molecule has 4 amide bonds. The predicted octanol–water partition coefficient (Wildman–Crippen LogP) is 3.27. The van der Waals surface area contributed by atoms with Gasteiger partial charge in [0, 0.05) is 49.4 Å². The molecule has 3 heterocycles. The fraction of sp³-hybridized carbons (Fsp3) is 0.432. The highest BCUT2D eigenvalue weighted by molar-refractivity contribution is 5.86. The van der Waals surface area contributed by atoms with Crippen LogP contribution in [-0.2, 0) is 25.5 Å². The van der Waals surface area contributed by atoms with Gasteiger partial charge in [-0.2, -0.15) is 0 Å². The van der Waals surface area contributed by atoms with E-state index in [9.17, 15) is 19.2 Å². The van der Waals surface area contributed by atoms with Gasteiger partial charge in [0.2, 0.25) is 11.8 Å². The Morgan fingerprint density at radius 1 is 1.10 bits per heavy atom. The number of imidazole rings is 1. The van der Waals surface area contributed by atoms with E-state index < -0.39 is 18.2 Å². The number of aliphatic imine (C=N–C) groups is 1. The number of nitrogens with zero attached hydrogens (tertiary/aromatic N) is 4. The lowest BCUT2D eigenvalue weighted by Crippen LogP contribution is -2.53. The zero-order valence-corrected chi connectivity index (χ0v) is 30.1. The first kappa shape index (κ1) is 38.9. The standard InChI is InChI=1S/C37H47N9O6/c1-24(2)34(45-37(50)52-5)35(48)46-18-8-9-28(46)22-40-27(21-38-3)14-11-25-12-15-29(41-20-25)26-13-16-30-31(19-26)44-32(43-30)10-6-7-17-39-33(47)23-42-36(49)51-4/h12-13,15-16,19-21,24,28,34,40H,3,6-10,17-18,22-23H2,1-2,4-5H3,(H,39,47)(H,42,49)(H,43,44)(H,45,50)/b27-21-. The van der Waals surface area contributed by atoms with E-state index in [2.05, 4.69) is 64.5 Å². The molecule has 0 radical (unpaired) electrons. The molecule has 1 aromatic carbocycles. The minimum absolute atomic E-state index is 0.0731. The average molecular weight is 714 g/mol. The number of likely N-dealkylation sites (tertiary alicyclic amines) is 1. The number of unbranched alkanes of at least 4 members (excludes halogenated alkanes) is 1. The molecule has 15 heteroatoms. The van der Waals surface area contributed by atoms with Crippen molar-refractivity contribution in [2.24, 2.45) is 10.9 Å². The van der Waals surface area contributed by atoms with Gasteiger partial charge in [-0.05, 0) is 68.5 Å². The van der Waals surface area contributed by atoms with Crippen LogP contribution in [0.3, 0.4) is 0 Å². The molecule has 2 atom stereocenters. The Hall–Kier alpha value is -5.91. The zero-order valence-electron chi connectivity index (χ0n) is 30.1. The Kier molecular flexibility index (Phi) is 14.6. The second kappa shape index (κ2) is 19.5. The van der Waals surface area contributed by atoms with E-state index in [1.54, 1.807) is 12.4 Å². The van der Waals surface area contributed by atoms with E-state index in [1.165, 1.54) is 14.2 Å². The van der Waals surface area contributed by atoms with Gasteiger partial charge < -0.3 is 40.6 Å². The van der Waals surface area contributed by atoms with Crippen LogP contribution in [-0.4, -0.2) is 103 Å². The number of amides is 4. The van der Waals surface area contributed by atoms with Crippen LogP contribution in [0, 0.1) is 17.8 Å². The summed E-state index contributed by atoms with van der Waals surface area (Å²) in [7, 11) is 2.52. The van der Waals surface area contributed by atoms with E-state index in [4.69, 9.17) is 4.74 Å². The molecule has 1 aliphatic heterocycles. The number of aromatic nitrogens is 3. The van der Waals surface area contributed by atoms with Gasteiger partial charge in [0.25, 0.3) is 0 Å². The molecule has 0 bridgehead atoms. The number of pyridine rings is 1. The molecule has 0 saturated carbocycles. The summed E-state index contributed by atoms with van der Waals surface area (Å²) >= 11 is 0. The molecule has 0 spiro atoms. The number of rotatable bonds is 15. The fourth-order valence-corrected chi connectivity index (χ4v) is 5.71. The number of carbonyl (C=O) groups excluding carboxylic acids is 4. The third-order valence-electron chi connectivity index (χ3n) is 8.47. The summed E-state index contributed by atoms with van der Waals surface area (Å²) in [5, 5.41) is 11.1. The van der Waals surface area contributed by atoms with E-state index in [0.717, 1.165) is 60.2 Å². The van der Waals surface area contributed by atoms with Crippen molar-refractivity contribution in [3.05, 3.63) is 59.8 Å². The second-order valence-electron chi connectivity index (χ2n) is 12.5. The van der Waals surface area contributed by atoms with Gasteiger partial charge in [-0.3, -0.25) is 19.6 Å². The average Bonchev–Trinajstić information content (AvgIpc) is 3.80. The van der Waals surface area contributed by atoms with Crippen molar-refractivity contribution < 1.29 is 28.7 Å². The highest BCUT2D eigenvalue weighted by Gasteiger charge is 2.35. The summed E-state index contributed by atoms with van der Waals surface area (Å²) in [6, 6.07) is 9.01. The maximum atomic E-state index is 13.4. The van der Waals surface area contributed by atoms with Crippen LogP contribution in [0.15, 0.2) is 53.4 Å². The Morgan fingerprint density at radius 3 is 2.62 bits per heavy atom. The molecule has 0 aliphatic carbocycles. The number of hydrogen-bond acceptors (Lipinski definition) is 10. The van der Waals surface area contributed by atoms with Crippen LogP contribution >= 0.6 is 0 Å². The zero-order chi connectivity index (χ0) is 37.5. The van der Waals surface area contributed by atoms with Crippen molar-refractivity contribution in [2.75, 3.05) is 40.4 Å².